The number of primary amides is 1. The molecule has 4 N–H and O–H groups in total. The molecule has 6 aliphatic rings. The largest absolute Gasteiger partial charge is 0.371 e. The number of aromatic nitrogens is 2. The molecule has 60 heavy (non-hydrogen) atoms. The van der Waals surface area contributed by atoms with Gasteiger partial charge in [0, 0.05) is 105 Å². The smallest absolute Gasteiger partial charge is 0.320 e. The summed E-state index contributed by atoms with van der Waals surface area (Å²) in [4.78, 5) is 98.8. The number of carbonyl (C=O) groups excluding carboxylic acids is 6. The standard InChI is InChI=1S/C42H50N12O6.2H2/c1-48-15-20-53(42(48)60)30-3-2-13-52(25-30)34-22-44-36(37(43)56)38(46-34)45-27-4-6-28(7-5-27)50-18-16-49(17-19-50)23-26-12-14-51(24-26)29-8-9-31-32(21-29)41(59)54(40(31)58)33-10-11-35(55)47-39(33)57;;/h4-9,21-22,26,30,33H,2-3,10-20,23-25H2,1H3,(H2,43,56)(H,45,46)(H,47,55,57);2*1H/t26-,30-,33?;;/m1../s1. The Hall–Kier alpha value is -6.30. The number of nitrogens with two attached hydrogens (primary N) is 1. The van der Waals surface area contributed by atoms with E-state index in [9.17, 15) is 28.8 Å². The van der Waals surface area contributed by atoms with E-state index >= 15 is 0 Å². The molecule has 0 bridgehead atoms. The van der Waals surface area contributed by atoms with Gasteiger partial charge in [0.1, 0.15) is 11.9 Å². The molecule has 0 aliphatic carbocycles. The normalized spacial score (nSPS) is 23.8. The molecular formula is C42H54N12O6. The minimum absolute atomic E-state index is 0. The Morgan fingerprint density at radius 2 is 1.60 bits per heavy atom. The molecule has 7 amide bonds. The number of piperazine rings is 1. The summed E-state index contributed by atoms with van der Waals surface area (Å²) in [7, 11) is 1.83. The van der Waals surface area contributed by atoms with Gasteiger partial charge in [-0.25, -0.2) is 14.8 Å². The number of benzene rings is 2. The van der Waals surface area contributed by atoms with Crippen LogP contribution in [-0.2, 0) is 9.59 Å². The lowest BCUT2D eigenvalue weighted by molar-refractivity contribution is -0.136. The maximum Gasteiger partial charge on any atom is 0.320 e. The van der Waals surface area contributed by atoms with Crippen LogP contribution in [0.5, 0.6) is 0 Å². The van der Waals surface area contributed by atoms with Gasteiger partial charge in [0.25, 0.3) is 17.7 Å². The molecule has 6 aliphatic heterocycles. The van der Waals surface area contributed by atoms with Crippen LogP contribution in [0.25, 0.3) is 0 Å². The lowest BCUT2D eigenvalue weighted by Crippen LogP contribution is -2.54. The Labute approximate surface area is 350 Å². The Morgan fingerprint density at radius 1 is 0.833 bits per heavy atom. The fraction of sp³-hybridized carbons (Fsp3) is 0.476. The van der Waals surface area contributed by atoms with Gasteiger partial charge in [-0.1, -0.05) is 0 Å². The van der Waals surface area contributed by atoms with Crippen LogP contribution in [0.3, 0.4) is 0 Å². The van der Waals surface area contributed by atoms with E-state index in [1.54, 1.807) is 23.2 Å². The summed E-state index contributed by atoms with van der Waals surface area (Å²) in [6.45, 7) is 9.11. The summed E-state index contributed by atoms with van der Waals surface area (Å²) >= 11 is 0. The van der Waals surface area contributed by atoms with E-state index in [0.29, 0.717) is 41.8 Å². The number of hydrogen-bond donors (Lipinski definition) is 3. The van der Waals surface area contributed by atoms with Crippen LogP contribution in [0.4, 0.5) is 33.5 Å². The molecule has 9 rings (SSSR count). The molecule has 1 aromatic heterocycles. The number of fused-ring (bicyclic) bond motifs is 1. The van der Waals surface area contributed by atoms with Gasteiger partial charge in [0.15, 0.2) is 11.5 Å². The van der Waals surface area contributed by atoms with Gasteiger partial charge in [0.05, 0.1) is 23.4 Å². The highest BCUT2D eigenvalue weighted by atomic mass is 16.2. The zero-order chi connectivity index (χ0) is 41.7. The average Bonchev–Trinajstić information content (AvgIpc) is 3.93. The average molecular weight is 823 g/mol. The number of anilines is 5. The number of imide groups is 2. The third-order valence-corrected chi connectivity index (χ3v) is 12.9. The summed E-state index contributed by atoms with van der Waals surface area (Å²) in [6.07, 6.45) is 4.66. The van der Waals surface area contributed by atoms with Crippen molar-refractivity contribution in [1.82, 2.24) is 34.9 Å². The second-order valence-corrected chi connectivity index (χ2v) is 16.7. The molecule has 5 fully saturated rings. The van der Waals surface area contributed by atoms with E-state index in [2.05, 4.69) is 47.3 Å². The van der Waals surface area contributed by atoms with Crippen molar-refractivity contribution in [3.05, 3.63) is 65.5 Å². The summed E-state index contributed by atoms with van der Waals surface area (Å²) < 4.78 is 0. The maximum absolute atomic E-state index is 13.4. The number of nitrogens with one attached hydrogen (secondary N) is 2. The molecule has 318 valence electrons. The molecule has 0 spiro atoms. The Balaban J connectivity index is 0.00000289. The summed E-state index contributed by atoms with van der Waals surface area (Å²) in [5, 5.41) is 5.52. The topological polar surface area (TPSA) is 201 Å². The minimum atomic E-state index is -0.980. The van der Waals surface area contributed by atoms with E-state index in [1.165, 1.54) is 0 Å². The third-order valence-electron chi connectivity index (χ3n) is 12.9. The van der Waals surface area contributed by atoms with Crippen molar-refractivity contribution in [1.29, 1.82) is 0 Å². The number of amides is 7. The quantitative estimate of drug-likeness (QED) is 0.252. The molecule has 0 radical (unpaired) electrons. The van der Waals surface area contributed by atoms with Gasteiger partial charge >= 0.3 is 6.03 Å². The third kappa shape index (κ3) is 7.55. The van der Waals surface area contributed by atoms with E-state index in [1.807, 2.05) is 30.1 Å². The zero-order valence-electron chi connectivity index (χ0n) is 33.7. The highest BCUT2D eigenvalue weighted by molar-refractivity contribution is 6.23. The monoisotopic (exact) mass is 822 g/mol. The minimum Gasteiger partial charge on any atom is -0.371 e. The predicted molar refractivity (Wildman–Crippen MR) is 227 cm³/mol. The van der Waals surface area contributed by atoms with E-state index < -0.39 is 35.6 Å². The number of piperidine rings is 2. The second-order valence-electron chi connectivity index (χ2n) is 16.7. The number of urea groups is 1. The molecule has 5 saturated heterocycles. The molecule has 18 nitrogen and oxygen atoms in total. The van der Waals surface area contributed by atoms with E-state index in [4.69, 9.17) is 10.7 Å². The first-order valence-electron chi connectivity index (χ1n) is 20.9. The first-order valence-corrected chi connectivity index (χ1v) is 20.9. The first-order chi connectivity index (χ1) is 29.0. The van der Waals surface area contributed by atoms with Crippen LogP contribution < -0.4 is 31.1 Å². The first kappa shape index (κ1) is 39.2. The molecule has 3 atom stereocenters. The molecule has 18 heteroatoms. The molecular weight excluding hydrogens is 769 g/mol. The van der Waals surface area contributed by atoms with E-state index in [-0.39, 0.29) is 33.5 Å². The summed E-state index contributed by atoms with van der Waals surface area (Å²) in [6, 6.07) is 12.6. The van der Waals surface area contributed by atoms with E-state index in [0.717, 1.165) is 100 Å². The molecule has 0 saturated carbocycles. The second kappa shape index (κ2) is 16.0. The van der Waals surface area contributed by atoms with Crippen molar-refractivity contribution in [2.45, 2.75) is 44.2 Å². The van der Waals surface area contributed by atoms with Gasteiger partial charge in [-0.05, 0) is 74.1 Å². The number of carbonyl (C=O) groups is 6. The van der Waals surface area contributed by atoms with Crippen LogP contribution in [-0.4, -0.2) is 156 Å². The highest BCUT2D eigenvalue weighted by Crippen LogP contribution is 2.33. The number of rotatable bonds is 10. The van der Waals surface area contributed by atoms with Crippen LogP contribution in [0.2, 0.25) is 0 Å². The number of hydrogen-bond acceptors (Lipinski definition) is 13. The predicted octanol–water partition coefficient (Wildman–Crippen LogP) is 2.20. The van der Waals surface area contributed by atoms with Crippen molar-refractivity contribution < 1.29 is 31.6 Å². The fourth-order valence-electron chi connectivity index (χ4n) is 9.54. The van der Waals surface area contributed by atoms with Gasteiger partial charge in [0.2, 0.25) is 11.8 Å². The van der Waals surface area contributed by atoms with Crippen molar-refractivity contribution in [2.75, 3.05) is 99.1 Å². The SMILES string of the molecule is CN1CCN([C@@H]2CCCN(c3cnc(C(N)=O)c(Nc4ccc(N5CCN(C[C@H]6CCN(c7ccc8c(c7)C(=O)N(C7CCC(=O)NC7=O)C8=O)C6)CC5)cc4)n3)C2)C1=O.[HH].[HH]. The Kier molecular flexibility index (Phi) is 10.5. The van der Waals surface area contributed by atoms with Gasteiger partial charge < -0.3 is 35.6 Å². The molecule has 7 heterocycles. The fourth-order valence-corrected chi connectivity index (χ4v) is 9.54. The van der Waals surface area contributed by atoms with Crippen molar-refractivity contribution >= 4 is 64.3 Å². The molecule has 1 unspecified atom stereocenters. The van der Waals surface area contributed by atoms with Crippen molar-refractivity contribution in [3.8, 4) is 0 Å². The van der Waals surface area contributed by atoms with Crippen LogP contribution >= 0.6 is 0 Å². The van der Waals surface area contributed by atoms with Crippen molar-refractivity contribution in [3.63, 3.8) is 0 Å². The lowest BCUT2D eigenvalue weighted by Gasteiger charge is -2.37. The lowest BCUT2D eigenvalue weighted by atomic mass is 10.0. The van der Waals surface area contributed by atoms with Crippen LogP contribution in [0.15, 0.2) is 48.7 Å². The summed E-state index contributed by atoms with van der Waals surface area (Å²) in [5.74, 6) is -1.29. The highest BCUT2D eigenvalue weighted by Gasteiger charge is 2.45. The molecule has 3 aromatic rings. The van der Waals surface area contributed by atoms with Crippen molar-refractivity contribution in [2.24, 2.45) is 11.7 Å². The van der Waals surface area contributed by atoms with Gasteiger partial charge in [-0.2, -0.15) is 0 Å². The molecule has 2 aromatic carbocycles. The maximum atomic E-state index is 13.4. The van der Waals surface area contributed by atoms with Crippen LogP contribution in [0.1, 0.15) is 66.2 Å². The number of nitrogens with zero attached hydrogens (tertiary/aromatic N) is 9. The Bertz CT molecular complexity index is 2240. The summed E-state index contributed by atoms with van der Waals surface area (Å²) in [5.41, 5.74) is 9.10. The van der Waals surface area contributed by atoms with Gasteiger partial charge in [-0.15, -0.1) is 0 Å². The zero-order valence-corrected chi connectivity index (χ0v) is 33.7. The number of likely N-dealkylation sites (N-methyl/N-ethyl adjacent to an activating group) is 1. The Morgan fingerprint density at radius 3 is 2.33 bits per heavy atom. The van der Waals surface area contributed by atoms with Gasteiger partial charge in [-0.3, -0.25) is 39.1 Å². The van der Waals surface area contributed by atoms with Crippen LogP contribution in [0, 0.1) is 5.92 Å².